The number of aromatic nitrogens is 1. The number of aryl methyl sites for hydroxylation is 1. The van der Waals surface area contributed by atoms with Crippen LogP contribution in [0.25, 0.3) is 38.6 Å². The summed E-state index contributed by atoms with van der Waals surface area (Å²) < 4.78 is 2.53. The first kappa shape index (κ1) is 29.7. The minimum Gasteiger partial charge on any atom is -0.309 e. The lowest BCUT2D eigenvalue weighted by molar-refractivity contribution is 0.398. The largest absolute Gasteiger partial charge is 0.309 e. The van der Waals surface area contributed by atoms with Crippen LogP contribution in [0.1, 0.15) is 120 Å². The van der Waals surface area contributed by atoms with Gasteiger partial charge in [-0.3, -0.25) is 0 Å². The van der Waals surface area contributed by atoms with Crippen LogP contribution >= 0.6 is 0 Å². The molecule has 43 heavy (non-hydrogen) atoms. The number of hydrogen-bond donors (Lipinski definition) is 0. The molecule has 0 saturated heterocycles. The molecule has 0 fully saturated rings. The lowest BCUT2D eigenvalue weighted by Gasteiger charge is -2.33. The van der Waals surface area contributed by atoms with E-state index in [0.29, 0.717) is 0 Å². The number of para-hydroxylation sites is 1. The number of fused-ring (bicyclic) bond motifs is 6. The maximum absolute atomic E-state index is 2.63. The SMILES string of the molecule is CCCCCCCCC1(CCCCCCCC)c2ccccc2-c2cc3c4ccccc4n(-c4cccc(C)c4)c3cc21. The zero-order chi connectivity index (χ0) is 29.6. The van der Waals surface area contributed by atoms with Crippen LogP contribution < -0.4 is 0 Å². The van der Waals surface area contributed by atoms with Crippen molar-refractivity contribution in [3.8, 4) is 16.8 Å². The predicted molar refractivity (Wildman–Crippen MR) is 188 cm³/mol. The van der Waals surface area contributed by atoms with Crippen LogP contribution in [0, 0.1) is 6.92 Å². The fourth-order valence-electron chi connectivity index (χ4n) is 8.04. The predicted octanol–water partition coefficient (Wildman–Crippen LogP) is 12.9. The van der Waals surface area contributed by atoms with Gasteiger partial charge in [0.05, 0.1) is 11.0 Å². The highest BCUT2D eigenvalue weighted by Crippen LogP contribution is 2.55. The monoisotopic (exact) mass is 569 g/mol. The Kier molecular flexibility index (Phi) is 9.37. The molecule has 1 aliphatic rings. The molecule has 1 heterocycles. The van der Waals surface area contributed by atoms with Crippen LogP contribution in [0.2, 0.25) is 0 Å². The summed E-state index contributed by atoms with van der Waals surface area (Å²) in [5.41, 5.74) is 11.5. The third-order valence-electron chi connectivity index (χ3n) is 10.2. The van der Waals surface area contributed by atoms with Gasteiger partial charge in [-0.1, -0.05) is 145 Å². The summed E-state index contributed by atoms with van der Waals surface area (Å²) in [4.78, 5) is 0. The van der Waals surface area contributed by atoms with Crippen molar-refractivity contribution in [1.82, 2.24) is 4.57 Å². The minimum absolute atomic E-state index is 0.101. The van der Waals surface area contributed by atoms with E-state index in [4.69, 9.17) is 0 Å². The molecule has 0 bridgehead atoms. The van der Waals surface area contributed by atoms with Crippen molar-refractivity contribution in [3.05, 3.63) is 102 Å². The highest BCUT2D eigenvalue weighted by molar-refractivity contribution is 6.11. The molecule has 1 heteroatoms. The van der Waals surface area contributed by atoms with Crippen molar-refractivity contribution in [2.75, 3.05) is 0 Å². The second-order valence-electron chi connectivity index (χ2n) is 13.3. The van der Waals surface area contributed by atoms with E-state index in [0.717, 1.165) is 0 Å². The zero-order valence-corrected chi connectivity index (χ0v) is 26.9. The van der Waals surface area contributed by atoms with E-state index >= 15 is 0 Å². The molecule has 1 nitrogen and oxygen atoms in total. The summed E-state index contributed by atoms with van der Waals surface area (Å²) in [7, 11) is 0. The molecular formula is C42H51N. The second kappa shape index (κ2) is 13.5. The smallest absolute Gasteiger partial charge is 0.0544 e. The molecule has 0 amide bonds. The van der Waals surface area contributed by atoms with Gasteiger partial charge in [0, 0.05) is 21.9 Å². The highest BCUT2D eigenvalue weighted by Gasteiger charge is 2.42. The third-order valence-corrected chi connectivity index (χ3v) is 10.2. The Hall–Kier alpha value is -3.32. The zero-order valence-electron chi connectivity index (χ0n) is 26.9. The van der Waals surface area contributed by atoms with Crippen molar-refractivity contribution < 1.29 is 0 Å². The molecular weight excluding hydrogens is 518 g/mol. The highest BCUT2D eigenvalue weighted by atomic mass is 15.0. The lowest BCUT2D eigenvalue weighted by atomic mass is 9.70. The van der Waals surface area contributed by atoms with E-state index in [9.17, 15) is 0 Å². The van der Waals surface area contributed by atoms with Crippen LogP contribution in [0.4, 0.5) is 0 Å². The van der Waals surface area contributed by atoms with E-state index in [1.54, 1.807) is 11.1 Å². The van der Waals surface area contributed by atoms with Crippen molar-refractivity contribution in [3.63, 3.8) is 0 Å². The fourth-order valence-corrected chi connectivity index (χ4v) is 8.04. The molecule has 5 aromatic rings. The van der Waals surface area contributed by atoms with E-state index < -0.39 is 0 Å². The van der Waals surface area contributed by atoms with Crippen LogP contribution in [-0.4, -0.2) is 4.57 Å². The molecule has 1 aliphatic carbocycles. The topological polar surface area (TPSA) is 4.93 Å². The Morgan fingerprint density at radius 2 is 1.16 bits per heavy atom. The van der Waals surface area contributed by atoms with Gasteiger partial charge < -0.3 is 4.57 Å². The van der Waals surface area contributed by atoms with E-state index in [1.807, 2.05) is 0 Å². The fraction of sp³-hybridized carbons (Fsp3) is 0.429. The molecule has 6 rings (SSSR count). The molecule has 0 N–H and O–H groups in total. The van der Waals surface area contributed by atoms with Gasteiger partial charge in [0.15, 0.2) is 0 Å². The normalized spacial score (nSPS) is 13.6. The lowest BCUT2D eigenvalue weighted by Crippen LogP contribution is -2.25. The first-order chi connectivity index (χ1) is 21.2. The first-order valence-electron chi connectivity index (χ1n) is 17.4. The summed E-state index contributed by atoms with van der Waals surface area (Å²) in [6.45, 7) is 6.84. The quantitative estimate of drug-likeness (QED) is 0.110. The summed E-state index contributed by atoms with van der Waals surface area (Å²) >= 11 is 0. The molecule has 0 atom stereocenters. The summed E-state index contributed by atoms with van der Waals surface area (Å²) in [6, 6.07) is 32.7. The third kappa shape index (κ3) is 5.81. The van der Waals surface area contributed by atoms with Crippen LogP contribution in [-0.2, 0) is 5.41 Å². The van der Waals surface area contributed by atoms with Gasteiger partial charge in [-0.2, -0.15) is 0 Å². The minimum atomic E-state index is 0.101. The van der Waals surface area contributed by atoms with Gasteiger partial charge in [-0.15, -0.1) is 0 Å². The summed E-state index contributed by atoms with van der Waals surface area (Å²) in [5, 5.41) is 2.73. The van der Waals surface area contributed by atoms with E-state index in [-0.39, 0.29) is 5.41 Å². The van der Waals surface area contributed by atoms with Crippen LogP contribution in [0.15, 0.2) is 84.9 Å². The maximum atomic E-state index is 2.63. The molecule has 0 unspecified atom stereocenters. The Morgan fingerprint density at radius 1 is 0.512 bits per heavy atom. The number of rotatable bonds is 15. The number of benzene rings is 4. The summed E-state index contributed by atoms with van der Waals surface area (Å²) in [5.74, 6) is 0. The molecule has 1 aromatic heterocycles. The maximum Gasteiger partial charge on any atom is 0.0544 e. The average Bonchev–Trinajstić information content (AvgIpc) is 3.49. The number of hydrogen-bond acceptors (Lipinski definition) is 0. The van der Waals surface area contributed by atoms with Crippen LogP contribution in [0.5, 0.6) is 0 Å². The Bertz CT molecular complexity index is 1650. The van der Waals surface area contributed by atoms with Crippen LogP contribution in [0.3, 0.4) is 0 Å². The van der Waals surface area contributed by atoms with E-state index in [2.05, 4.69) is 110 Å². The standard InChI is InChI=1S/C42H51N/c1-4-6-8-10-12-18-27-42(28-19-13-11-9-7-5-2)38-25-16-14-23-34(38)36-30-37-35-24-15-17-26-40(35)43(41(37)31-39(36)42)33-22-20-21-32(3)29-33/h14-17,20-26,29-31H,4-13,18-19,27-28H2,1-3H3. The molecule has 0 spiro atoms. The number of unbranched alkanes of at least 4 members (excludes halogenated alkanes) is 10. The Balaban J connectivity index is 1.49. The molecule has 4 aromatic carbocycles. The van der Waals surface area contributed by atoms with Gasteiger partial charge in [0.2, 0.25) is 0 Å². The van der Waals surface area contributed by atoms with Crippen molar-refractivity contribution in [1.29, 1.82) is 0 Å². The van der Waals surface area contributed by atoms with Gasteiger partial charge in [0.25, 0.3) is 0 Å². The summed E-state index contributed by atoms with van der Waals surface area (Å²) in [6.07, 6.45) is 18.7. The van der Waals surface area contributed by atoms with Crippen molar-refractivity contribution >= 4 is 21.8 Å². The van der Waals surface area contributed by atoms with Gasteiger partial charge in [0.1, 0.15) is 0 Å². The number of nitrogens with zero attached hydrogens (tertiary/aromatic N) is 1. The Labute approximate surface area is 260 Å². The molecule has 0 aliphatic heterocycles. The van der Waals surface area contributed by atoms with Crippen molar-refractivity contribution in [2.24, 2.45) is 0 Å². The Morgan fingerprint density at radius 3 is 1.88 bits per heavy atom. The van der Waals surface area contributed by atoms with Gasteiger partial charge >= 0.3 is 0 Å². The van der Waals surface area contributed by atoms with E-state index in [1.165, 1.54) is 134 Å². The molecule has 224 valence electrons. The average molecular weight is 570 g/mol. The first-order valence-corrected chi connectivity index (χ1v) is 17.4. The molecule has 0 radical (unpaired) electrons. The molecule has 0 saturated carbocycles. The van der Waals surface area contributed by atoms with Gasteiger partial charge in [-0.05, 0) is 77.9 Å². The second-order valence-corrected chi connectivity index (χ2v) is 13.3. The van der Waals surface area contributed by atoms with Gasteiger partial charge in [-0.25, -0.2) is 0 Å². The van der Waals surface area contributed by atoms with Crippen molar-refractivity contribution in [2.45, 2.75) is 116 Å².